The van der Waals surface area contributed by atoms with Crippen LogP contribution in [0, 0.1) is 0 Å². The Morgan fingerprint density at radius 1 is 1.16 bits per heavy atom. The highest BCUT2D eigenvalue weighted by molar-refractivity contribution is 6.07. The molecule has 0 atom stereocenters. The summed E-state index contributed by atoms with van der Waals surface area (Å²) in [6.45, 7) is 2.06. The lowest BCUT2D eigenvalue weighted by Crippen LogP contribution is -1.95. The van der Waals surface area contributed by atoms with Gasteiger partial charge >= 0.3 is 0 Å². The zero-order valence-corrected chi connectivity index (χ0v) is 10.8. The number of carbonyl (C=O) groups excluding carboxylic acids is 1. The normalized spacial score (nSPS) is 10.8. The lowest BCUT2D eigenvalue weighted by molar-refractivity contribution is 0.104. The molecule has 19 heavy (non-hydrogen) atoms. The van der Waals surface area contributed by atoms with Gasteiger partial charge in [-0.15, -0.1) is 0 Å². The van der Waals surface area contributed by atoms with E-state index in [1.54, 1.807) is 30.3 Å². The van der Waals surface area contributed by atoms with Crippen LogP contribution in [0.4, 0.5) is 0 Å². The van der Waals surface area contributed by atoms with E-state index in [-0.39, 0.29) is 11.5 Å². The van der Waals surface area contributed by atoms with Gasteiger partial charge in [0.05, 0.1) is 0 Å². The molecule has 2 aromatic rings. The zero-order valence-electron chi connectivity index (χ0n) is 10.8. The number of carbonyl (C=O) groups is 1. The Labute approximate surface area is 113 Å². The van der Waals surface area contributed by atoms with Crippen LogP contribution in [-0.2, 0) is 6.42 Å². The van der Waals surface area contributed by atoms with Crippen molar-refractivity contribution in [3.05, 3.63) is 71.3 Å². The maximum absolute atomic E-state index is 12.0. The minimum Gasteiger partial charge on any atom is -0.507 e. The average molecular weight is 252 g/mol. The van der Waals surface area contributed by atoms with Crippen molar-refractivity contribution in [3.63, 3.8) is 0 Å². The number of phenols is 1. The molecule has 0 bridgehead atoms. The Morgan fingerprint density at radius 3 is 2.68 bits per heavy atom. The lowest BCUT2D eigenvalue weighted by atomic mass is 10.0. The second-order valence-corrected chi connectivity index (χ2v) is 4.31. The highest BCUT2D eigenvalue weighted by Crippen LogP contribution is 2.17. The van der Waals surface area contributed by atoms with Crippen LogP contribution in [0.15, 0.2) is 54.6 Å². The number of allylic oxidation sites excluding steroid dienone is 1. The van der Waals surface area contributed by atoms with Crippen molar-refractivity contribution in [2.24, 2.45) is 0 Å². The van der Waals surface area contributed by atoms with E-state index in [1.165, 1.54) is 6.08 Å². The fourth-order valence-corrected chi connectivity index (χ4v) is 1.83. The van der Waals surface area contributed by atoms with E-state index in [2.05, 4.69) is 6.92 Å². The monoisotopic (exact) mass is 252 g/mol. The molecule has 0 saturated carbocycles. The molecule has 0 amide bonds. The molecule has 0 spiro atoms. The molecule has 0 aliphatic rings. The van der Waals surface area contributed by atoms with Crippen LogP contribution in [-0.4, -0.2) is 10.9 Å². The summed E-state index contributed by atoms with van der Waals surface area (Å²) in [5.74, 6) is 0.118. The summed E-state index contributed by atoms with van der Waals surface area (Å²) < 4.78 is 0. The van der Waals surface area contributed by atoms with Gasteiger partial charge in [0.1, 0.15) is 5.75 Å². The first kappa shape index (κ1) is 13.1. The third-order valence-corrected chi connectivity index (χ3v) is 2.97. The summed E-state index contributed by atoms with van der Waals surface area (Å²) in [5.41, 5.74) is 2.45. The summed E-state index contributed by atoms with van der Waals surface area (Å²) in [6, 6.07) is 14.5. The minimum absolute atomic E-state index is 0.0569. The molecule has 1 N–H and O–H groups in total. The van der Waals surface area contributed by atoms with E-state index in [0.29, 0.717) is 11.1 Å². The number of aryl methyl sites for hydroxylation is 1. The lowest BCUT2D eigenvalue weighted by Gasteiger charge is -2.00. The predicted molar refractivity (Wildman–Crippen MR) is 77.3 cm³/mol. The topological polar surface area (TPSA) is 37.3 Å². The number of rotatable bonds is 4. The van der Waals surface area contributed by atoms with Gasteiger partial charge in [0.15, 0.2) is 5.78 Å². The van der Waals surface area contributed by atoms with Crippen molar-refractivity contribution in [3.8, 4) is 5.75 Å². The van der Waals surface area contributed by atoms with E-state index in [1.807, 2.05) is 24.3 Å². The molecule has 0 aromatic heterocycles. The highest BCUT2D eigenvalue weighted by atomic mass is 16.3. The number of para-hydroxylation sites is 1. The number of hydrogen-bond acceptors (Lipinski definition) is 2. The van der Waals surface area contributed by atoms with E-state index >= 15 is 0 Å². The first-order chi connectivity index (χ1) is 9.20. The fraction of sp³-hybridized carbons (Fsp3) is 0.118. The SMILES string of the molecule is CCc1cccc(C(=O)C=Cc2ccccc2O)c1. The van der Waals surface area contributed by atoms with Crippen molar-refractivity contribution in [2.75, 3.05) is 0 Å². The fourth-order valence-electron chi connectivity index (χ4n) is 1.83. The average Bonchev–Trinajstić information content (AvgIpc) is 2.46. The highest BCUT2D eigenvalue weighted by Gasteiger charge is 2.02. The Kier molecular flexibility index (Phi) is 4.14. The van der Waals surface area contributed by atoms with Crippen molar-refractivity contribution >= 4 is 11.9 Å². The molecule has 96 valence electrons. The Balaban J connectivity index is 2.19. The van der Waals surface area contributed by atoms with Gasteiger partial charge in [-0.1, -0.05) is 43.3 Å². The van der Waals surface area contributed by atoms with Gasteiger partial charge in [-0.3, -0.25) is 4.79 Å². The molecule has 2 rings (SSSR count). The first-order valence-electron chi connectivity index (χ1n) is 6.30. The second kappa shape index (κ2) is 6.01. The van der Waals surface area contributed by atoms with Crippen molar-refractivity contribution < 1.29 is 9.90 Å². The van der Waals surface area contributed by atoms with Crippen LogP contribution in [0.1, 0.15) is 28.4 Å². The van der Waals surface area contributed by atoms with Crippen LogP contribution >= 0.6 is 0 Å². The molecule has 0 saturated heterocycles. The van der Waals surface area contributed by atoms with E-state index in [0.717, 1.165) is 12.0 Å². The maximum Gasteiger partial charge on any atom is 0.185 e. The van der Waals surface area contributed by atoms with Gasteiger partial charge in [-0.25, -0.2) is 0 Å². The molecule has 2 heteroatoms. The molecule has 2 nitrogen and oxygen atoms in total. The van der Waals surface area contributed by atoms with Crippen LogP contribution in [0.25, 0.3) is 6.08 Å². The first-order valence-corrected chi connectivity index (χ1v) is 6.30. The van der Waals surface area contributed by atoms with Gasteiger partial charge in [0.2, 0.25) is 0 Å². The smallest absolute Gasteiger partial charge is 0.185 e. The van der Waals surface area contributed by atoms with E-state index < -0.39 is 0 Å². The van der Waals surface area contributed by atoms with Gasteiger partial charge in [-0.05, 0) is 36.3 Å². The van der Waals surface area contributed by atoms with Gasteiger partial charge in [-0.2, -0.15) is 0 Å². The number of benzene rings is 2. The third-order valence-electron chi connectivity index (χ3n) is 2.97. The van der Waals surface area contributed by atoms with E-state index in [4.69, 9.17) is 0 Å². The number of phenolic OH excluding ortho intramolecular Hbond substituents is 1. The predicted octanol–water partition coefficient (Wildman–Crippen LogP) is 3.85. The van der Waals surface area contributed by atoms with Crippen molar-refractivity contribution in [1.29, 1.82) is 0 Å². The zero-order chi connectivity index (χ0) is 13.7. The molecule has 0 aliphatic heterocycles. The number of ketones is 1. The van der Waals surface area contributed by atoms with Crippen molar-refractivity contribution in [1.82, 2.24) is 0 Å². The third kappa shape index (κ3) is 3.32. The molecule has 0 aliphatic carbocycles. The van der Waals surface area contributed by atoms with Crippen LogP contribution in [0.5, 0.6) is 5.75 Å². The molecule has 2 aromatic carbocycles. The summed E-state index contributed by atoms with van der Waals surface area (Å²) in [6.07, 6.45) is 4.03. The molecule has 0 radical (unpaired) electrons. The van der Waals surface area contributed by atoms with Crippen LogP contribution < -0.4 is 0 Å². The Morgan fingerprint density at radius 2 is 1.95 bits per heavy atom. The van der Waals surface area contributed by atoms with Gasteiger partial charge in [0.25, 0.3) is 0 Å². The summed E-state index contributed by atoms with van der Waals surface area (Å²) >= 11 is 0. The summed E-state index contributed by atoms with van der Waals surface area (Å²) in [4.78, 5) is 12.0. The molecule has 0 heterocycles. The van der Waals surface area contributed by atoms with Crippen molar-refractivity contribution in [2.45, 2.75) is 13.3 Å². The van der Waals surface area contributed by atoms with Crippen LogP contribution in [0.2, 0.25) is 0 Å². The van der Waals surface area contributed by atoms with Crippen LogP contribution in [0.3, 0.4) is 0 Å². The maximum atomic E-state index is 12.0. The minimum atomic E-state index is -0.0569. The van der Waals surface area contributed by atoms with Gasteiger partial charge < -0.3 is 5.11 Å². The molecule has 0 fully saturated rings. The Bertz CT molecular complexity index is 612. The standard InChI is InChI=1S/C17H16O2/c1-2-13-6-5-8-15(12-13)17(19)11-10-14-7-3-4-9-16(14)18/h3-12,18H,2H2,1H3. The largest absolute Gasteiger partial charge is 0.507 e. The molecular formula is C17H16O2. The molecule has 0 unspecified atom stereocenters. The number of hydrogen-bond donors (Lipinski definition) is 1. The summed E-state index contributed by atoms with van der Waals surface area (Å²) in [5, 5.41) is 9.61. The summed E-state index contributed by atoms with van der Waals surface area (Å²) in [7, 11) is 0. The quantitative estimate of drug-likeness (QED) is 0.663. The second-order valence-electron chi connectivity index (χ2n) is 4.31. The van der Waals surface area contributed by atoms with E-state index in [9.17, 15) is 9.90 Å². The molecular weight excluding hydrogens is 236 g/mol. The Hall–Kier alpha value is -2.35. The number of aromatic hydroxyl groups is 1. The van der Waals surface area contributed by atoms with Gasteiger partial charge in [0, 0.05) is 11.1 Å².